The quantitative estimate of drug-likeness (QED) is 0.546. The first-order valence-corrected chi connectivity index (χ1v) is 4.07. The Kier molecular flexibility index (Phi) is 1.63. The van der Waals surface area contributed by atoms with Crippen LogP contribution in [0.3, 0.4) is 0 Å². The van der Waals surface area contributed by atoms with Gasteiger partial charge in [-0.2, -0.15) is 0 Å². The van der Waals surface area contributed by atoms with E-state index in [-0.39, 0.29) is 0 Å². The number of hydrogen-bond donors (Lipinski definition) is 0. The van der Waals surface area contributed by atoms with Gasteiger partial charge in [-0.1, -0.05) is 0 Å². The molecule has 0 unspecified atom stereocenters. The Morgan fingerprint density at radius 3 is 2.57 bits per heavy atom. The molecule has 0 spiro atoms. The molecule has 1 aliphatic carbocycles. The summed E-state index contributed by atoms with van der Waals surface area (Å²) in [5.41, 5.74) is 1.50. The van der Waals surface area contributed by atoms with Gasteiger partial charge in [0.15, 0.2) is 0 Å². The molecule has 1 aliphatic rings. The van der Waals surface area contributed by atoms with Gasteiger partial charge < -0.3 is 0 Å². The summed E-state index contributed by atoms with van der Waals surface area (Å²) in [5.74, 6) is 0. The zero-order valence-corrected chi connectivity index (χ0v) is 7.73. The topological polar surface area (TPSA) is 0 Å². The van der Waals surface area contributed by atoms with Gasteiger partial charge in [0.05, 0.1) is 0 Å². The van der Waals surface area contributed by atoms with Gasteiger partial charge in [-0.25, -0.2) is 0 Å². The van der Waals surface area contributed by atoms with Crippen molar-refractivity contribution in [2.24, 2.45) is 0 Å². The normalized spacial score (nSPS) is 19.0. The summed E-state index contributed by atoms with van der Waals surface area (Å²) in [6, 6.07) is 0. The second-order valence-corrected chi connectivity index (χ2v) is 3.80. The van der Waals surface area contributed by atoms with Gasteiger partial charge in [0.25, 0.3) is 0 Å². The minimum absolute atomic E-state index is 1.23. The van der Waals surface area contributed by atoms with Crippen LogP contribution in [0.25, 0.3) is 0 Å². The van der Waals surface area contributed by atoms with Crippen molar-refractivity contribution in [1.29, 1.82) is 0 Å². The van der Waals surface area contributed by atoms with Crippen molar-refractivity contribution in [3.63, 3.8) is 0 Å². The Morgan fingerprint density at radius 1 is 1.71 bits per heavy atom. The first-order valence-electron chi connectivity index (χ1n) is 2.42. The molecule has 2 radical (unpaired) electrons. The summed E-state index contributed by atoms with van der Waals surface area (Å²) in [4.78, 5) is 0. The fourth-order valence-electron chi connectivity index (χ4n) is 0.631. The van der Waals surface area contributed by atoms with Crippen LogP contribution in [0, 0.1) is 0 Å². The van der Waals surface area contributed by atoms with Gasteiger partial charge in [0.2, 0.25) is 0 Å². The van der Waals surface area contributed by atoms with Crippen LogP contribution in [0.5, 0.6) is 0 Å². The molecule has 0 N–H and O–H groups in total. The van der Waals surface area contributed by atoms with Crippen LogP contribution in [0.2, 0.25) is 0 Å². The van der Waals surface area contributed by atoms with Crippen molar-refractivity contribution in [1.82, 2.24) is 0 Å². The first-order chi connectivity index (χ1) is 3.30. The standard InChI is InChI=1S/C6H7.In/c1-6-4-2-3-5-6;/h2,4H,3H2,1H3;. The van der Waals surface area contributed by atoms with Crippen molar-refractivity contribution in [3.05, 3.63) is 21.1 Å². The third-order valence-corrected chi connectivity index (χ3v) is 3.18. The summed E-state index contributed by atoms with van der Waals surface area (Å²) in [5, 5.41) is 0. The predicted molar refractivity (Wildman–Crippen MR) is 32.2 cm³/mol. The van der Waals surface area contributed by atoms with E-state index in [0.717, 1.165) is 0 Å². The van der Waals surface area contributed by atoms with Crippen LogP contribution in [-0.2, 0) is 0 Å². The van der Waals surface area contributed by atoms with Crippen molar-refractivity contribution in [2.75, 3.05) is 0 Å². The van der Waals surface area contributed by atoms with E-state index in [9.17, 15) is 0 Å². The zero-order chi connectivity index (χ0) is 5.28. The summed E-state index contributed by atoms with van der Waals surface area (Å²) in [6.45, 7) is 2.18. The number of rotatable bonds is 0. The molecule has 1 heteroatoms. The molecule has 0 nitrogen and oxygen atoms in total. The molecule has 0 saturated carbocycles. The van der Waals surface area contributed by atoms with Gasteiger partial charge in [-0.15, -0.1) is 0 Å². The Morgan fingerprint density at radius 2 is 2.43 bits per heavy atom. The molecular formula is C6H7In. The molecule has 0 amide bonds. The zero-order valence-electron chi connectivity index (χ0n) is 4.44. The van der Waals surface area contributed by atoms with Crippen LogP contribution in [0.15, 0.2) is 21.1 Å². The summed E-state index contributed by atoms with van der Waals surface area (Å²) < 4.78 is 1.64. The molecule has 0 bridgehead atoms. The van der Waals surface area contributed by atoms with Crippen molar-refractivity contribution < 1.29 is 0 Å². The van der Waals surface area contributed by atoms with E-state index in [1.165, 1.54) is 36.4 Å². The van der Waals surface area contributed by atoms with E-state index in [2.05, 4.69) is 19.1 Å². The molecular weight excluding hydrogens is 187 g/mol. The van der Waals surface area contributed by atoms with E-state index in [1.54, 1.807) is 3.33 Å². The van der Waals surface area contributed by atoms with E-state index < -0.39 is 0 Å². The minimum atomic E-state index is 1.23. The third-order valence-electron chi connectivity index (χ3n) is 1.21. The molecule has 0 aliphatic heterocycles. The molecule has 34 valence electrons. The third kappa shape index (κ3) is 1.12. The fourth-order valence-corrected chi connectivity index (χ4v) is 1.29. The van der Waals surface area contributed by atoms with E-state index in [0.29, 0.717) is 0 Å². The van der Waals surface area contributed by atoms with Crippen LogP contribution in [0.1, 0.15) is 13.3 Å². The molecule has 0 aromatic rings. The molecule has 1 rings (SSSR count). The Balaban J connectivity index is 2.79. The van der Waals surface area contributed by atoms with Gasteiger partial charge in [-0.3, -0.25) is 0 Å². The molecule has 7 heavy (non-hydrogen) atoms. The van der Waals surface area contributed by atoms with Gasteiger partial charge in [0.1, 0.15) is 0 Å². The van der Waals surface area contributed by atoms with Crippen LogP contribution in [-0.4, -0.2) is 24.4 Å². The molecule has 0 atom stereocenters. The first kappa shape index (κ1) is 5.49. The summed E-state index contributed by atoms with van der Waals surface area (Å²) in [6.07, 6.45) is 5.67. The average Bonchev–Trinajstić information content (AvgIpc) is 1.91. The summed E-state index contributed by atoms with van der Waals surface area (Å²) in [7, 11) is 0. The average molecular weight is 194 g/mol. The van der Waals surface area contributed by atoms with Gasteiger partial charge in [0, 0.05) is 0 Å². The van der Waals surface area contributed by atoms with Crippen LogP contribution < -0.4 is 0 Å². The maximum absolute atomic E-state index is 2.23. The predicted octanol–water partition coefficient (Wildman–Crippen LogP) is 1.39. The van der Waals surface area contributed by atoms with Gasteiger partial charge in [-0.05, 0) is 0 Å². The van der Waals surface area contributed by atoms with Crippen molar-refractivity contribution >= 4 is 24.4 Å². The number of allylic oxidation sites excluding steroid dienone is 4. The van der Waals surface area contributed by atoms with Crippen molar-refractivity contribution in [2.45, 2.75) is 13.3 Å². The molecule has 0 heterocycles. The Hall–Kier alpha value is 0.350. The Labute approximate surface area is 58.9 Å². The molecule has 0 aromatic heterocycles. The van der Waals surface area contributed by atoms with Crippen LogP contribution >= 0.6 is 0 Å². The van der Waals surface area contributed by atoms with Crippen molar-refractivity contribution in [3.8, 4) is 0 Å². The maximum atomic E-state index is 2.23. The van der Waals surface area contributed by atoms with E-state index >= 15 is 0 Å². The summed E-state index contributed by atoms with van der Waals surface area (Å²) >= 11 is 1.31. The molecule has 0 aromatic carbocycles. The second kappa shape index (κ2) is 2.08. The molecule has 0 fully saturated rings. The van der Waals surface area contributed by atoms with E-state index in [4.69, 9.17) is 0 Å². The molecule has 0 saturated heterocycles. The van der Waals surface area contributed by atoms with Crippen LogP contribution in [0.4, 0.5) is 0 Å². The SMILES string of the molecule is CC1=[C]([In])CC=C1. The number of hydrogen-bond acceptors (Lipinski definition) is 0. The monoisotopic (exact) mass is 194 g/mol. The fraction of sp³-hybridized carbons (Fsp3) is 0.333. The Bertz CT molecular complexity index is 131. The van der Waals surface area contributed by atoms with E-state index in [1.807, 2.05) is 0 Å². The van der Waals surface area contributed by atoms with Gasteiger partial charge >= 0.3 is 58.8 Å². The second-order valence-electron chi connectivity index (χ2n) is 1.81.